The van der Waals surface area contributed by atoms with Crippen molar-refractivity contribution in [3.8, 4) is 5.75 Å². The molecule has 1 fully saturated rings. The zero-order valence-electron chi connectivity index (χ0n) is 9.95. The van der Waals surface area contributed by atoms with Crippen molar-refractivity contribution < 1.29 is 24.1 Å². The highest BCUT2D eigenvalue weighted by atomic mass is 19.1. The Hall–Kier alpha value is -1.71. The molecule has 0 spiro atoms. The normalized spacial score (nSPS) is 30.5. The van der Waals surface area contributed by atoms with Gasteiger partial charge in [-0.3, -0.25) is 14.3 Å². The van der Waals surface area contributed by atoms with Crippen LogP contribution in [0.5, 0.6) is 5.75 Å². The lowest BCUT2D eigenvalue weighted by molar-refractivity contribution is -0.0540. The fourth-order valence-corrected chi connectivity index (χ4v) is 1.89. The Balaban J connectivity index is 2.43. The van der Waals surface area contributed by atoms with Gasteiger partial charge in [0.1, 0.15) is 12.2 Å². The van der Waals surface area contributed by atoms with Gasteiger partial charge >= 0.3 is 5.69 Å². The zero-order chi connectivity index (χ0) is 14.2. The lowest BCUT2D eigenvalue weighted by atomic mass is 10.1. The van der Waals surface area contributed by atoms with Crippen LogP contribution in [0.25, 0.3) is 0 Å². The van der Waals surface area contributed by atoms with Gasteiger partial charge in [0.15, 0.2) is 12.4 Å². The fourth-order valence-electron chi connectivity index (χ4n) is 1.89. The maximum Gasteiger partial charge on any atom is 0.330 e. The first-order valence-corrected chi connectivity index (χ1v) is 5.47. The van der Waals surface area contributed by atoms with Gasteiger partial charge in [-0.15, -0.1) is 0 Å². The molecule has 1 saturated heterocycles. The molecule has 3 N–H and O–H groups in total. The van der Waals surface area contributed by atoms with E-state index in [9.17, 15) is 19.1 Å². The molecule has 0 amide bonds. The first kappa shape index (κ1) is 13.7. The molecule has 0 bridgehead atoms. The van der Waals surface area contributed by atoms with Crippen molar-refractivity contribution in [2.24, 2.45) is 0 Å². The van der Waals surface area contributed by atoms with Gasteiger partial charge in [-0.1, -0.05) is 0 Å². The largest absolute Gasteiger partial charge is 0.490 e. The first-order chi connectivity index (χ1) is 8.99. The van der Waals surface area contributed by atoms with Crippen molar-refractivity contribution in [2.45, 2.75) is 24.6 Å². The summed E-state index contributed by atoms with van der Waals surface area (Å²) in [6, 6.07) is 0. The molecule has 0 aromatic carbocycles. The molecule has 8 nitrogen and oxygen atoms in total. The van der Waals surface area contributed by atoms with Crippen molar-refractivity contribution in [3.63, 3.8) is 0 Å². The summed E-state index contributed by atoms with van der Waals surface area (Å²) in [6.07, 6.45) is -5.03. The lowest BCUT2D eigenvalue weighted by Gasteiger charge is -2.17. The number of methoxy groups -OCH3 is 1. The van der Waals surface area contributed by atoms with E-state index in [1.807, 2.05) is 4.98 Å². The van der Waals surface area contributed by atoms with Crippen LogP contribution in [0.4, 0.5) is 4.39 Å². The Morgan fingerprint density at radius 1 is 1.58 bits per heavy atom. The van der Waals surface area contributed by atoms with Crippen molar-refractivity contribution in [2.75, 3.05) is 13.7 Å². The number of hydrogen-bond donors (Lipinski definition) is 3. The molecular weight excluding hydrogens is 263 g/mol. The number of hydrogen-bond acceptors (Lipinski definition) is 6. The number of aliphatic hydroxyl groups excluding tert-OH is 2. The topological polar surface area (TPSA) is 114 Å². The van der Waals surface area contributed by atoms with Gasteiger partial charge in [0.25, 0.3) is 5.56 Å². The van der Waals surface area contributed by atoms with Crippen molar-refractivity contribution in [1.29, 1.82) is 0 Å². The van der Waals surface area contributed by atoms with Crippen LogP contribution in [0.3, 0.4) is 0 Å². The summed E-state index contributed by atoms with van der Waals surface area (Å²) in [5.74, 6) is -0.182. The summed E-state index contributed by atoms with van der Waals surface area (Å²) in [7, 11) is 1.22. The first-order valence-electron chi connectivity index (χ1n) is 5.47. The van der Waals surface area contributed by atoms with Gasteiger partial charge < -0.3 is 19.7 Å². The second kappa shape index (κ2) is 5.11. The number of rotatable bonds is 3. The Kier molecular flexibility index (Phi) is 3.69. The monoisotopic (exact) mass is 276 g/mol. The molecule has 106 valence electrons. The maximum absolute atomic E-state index is 13.6. The smallest absolute Gasteiger partial charge is 0.330 e. The van der Waals surface area contributed by atoms with Crippen LogP contribution in [0.1, 0.15) is 6.23 Å². The van der Waals surface area contributed by atoms with E-state index in [1.54, 1.807) is 0 Å². The number of nitrogens with one attached hydrogen (secondary N) is 1. The quantitative estimate of drug-likeness (QED) is 0.596. The molecule has 0 aliphatic carbocycles. The zero-order valence-corrected chi connectivity index (χ0v) is 9.95. The van der Waals surface area contributed by atoms with Crippen LogP contribution in [0, 0.1) is 0 Å². The van der Waals surface area contributed by atoms with E-state index in [4.69, 9.17) is 14.6 Å². The molecule has 0 unspecified atom stereocenters. The molecule has 1 aromatic rings. The van der Waals surface area contributed by atoms with Crippen molar-refractivity contribution in [1.82, 2.24) is 9.55 Å². The van der Waals surface area contributed by atoms with Crippen molar-refractivity contribution in [3.05, 3.63) is 27.0 Å². The highest BCUT2D eigenvalue weighted by molar-refractivity contribution is 5.12. The molecule has 1 aromatic heterocycles. The fraction of sp³-hybridized carbons (Fsp3) is 0.600. The number of ether oxygens (including phenoxy) is 2. The standard InChI is InChI=1S/C10H13FN2O6/c1-18-4-2-13(10(17)12-8(4)16)9-7(15)6(11)5(3-14)19-9/h2,5-7,9,14-15H,3H2,1H3,(H,12,16,17)/t5-,6-,7-,9-/m1/s1. The Bertz CT molecular complexity index is 570. The van der Waals surface area contributed by atoms with Crippen LogP contribution in [0.2, 0.25) is 0 Å². The number of alkyl halides is 1. The average Bonchev–Trinajstić information content (AvgIpc) is 2.67. The average molecular weight is 276 g/mol. The highest BCUT2D eigenvalue weighted by Crippen LogP contribution is 2.30. The summed E-state index contributed by atoms with van der Waals surface area (Å²) in [6.45, 7) is -0.635. The van der Waals surface area contributed by atoms with Crippen LogP contribution in [-0.2, 0) is 4.74 Å². The van der Waals surface area contributed by atoms with Crippen LogP contribution >= 0.6 is 0 Å². The summed E-state index contributed by atoms with van der Waals surface area (Å²) < 4.78 is 24.2. The number of H-pyrrole nitrogens is 1. The number of aliphatic hydroxyl groups is 2. The van der Waals surface area contributed by atoms with Crippen molar-refractivity contribution >= 4 is 0 Å². The third-order valence-corrected chi connectivity index (χ3v) is 2.90. The molecule has 9 heteroatoms. The molecule has 0 saturated carbocycles. The predicted molar refractivity (Wildman–Crippen MR) is 59.8 cm³/mol. The van der Waals surface area contributed by atoms with Crippen LogP contribution < -0.4 is 16.0 Å². The molecule has 1 aliphatic rings. The van der Waals surface area contributed by atoms with E-state index in [-0.39, 0.29) is 5.75 Å². The van der Waals surface area contributed by atoms with E-state index in [0.717, 1.165) is 10.8 Å². The Morgan fingerprint density at radius 2 is 2.26 bits per heavy atom. The summed E-state index contributed by atoms with van der Waals surface area (Å²) in [5, 5.41) is 18.6. The predicted octanol–water partition coefficient (Wildman–Crippen LogP) is -1.87. The second-order valence-electron chi connectivity index (χ2n) is 4.05. The minimum atomic E-state index is -1.83. The molecule has 1 aliphatic heterocycles. The highest BCUT2D eigenvalue weighted by Gasteiger charge is 2.45. The summed E-state index contributed by atoms with van der Waals surface area (Å²) in [4.78, 5) is 24.9. The van der Waals surface area contributed by atoms with Gasteiger partial charge in [-0.25, -0.2) is 9.18 Å². The molecule has 0 radical (unpaired) electrons. The number of aromatic nitrogens is 2. The third kappa shape index (κ3) is 2.27. The minimum Gasteiger partial charge on any atom is -0.490 e. The SMILES string of the molecule is COc1cn([C@@H]2O[C@H](CO)[C@@H](F)[C@H]2O)c(=O)[nH]c1=O. The molecule has 2 rings (SSSR count). The number of nitrogens with zero attached hydrogens (tertiary/aromatic N) is 1. The Morgan fingerprint density at radius 3 is 2.79 bits per heavy atom. The maximum atomic E-state index is 13.6. The molecule has 4 atom stereocenters. The molecule has 19 heavy (non-hydrogen) atoms. The van der Waals surface area contributed by atoms with Gasteiger partial charge in [0, 0.05) is 0 Å². The molecule has 2 heterocycles. The summed E-state index contributed by atoms with van der Waals surface area (Å²) >= 11 is 0. The Labute approximate surface area is 106 Å². The van der Waals surface area contributed by atoms with Gasteiger partial charge in [0.05, 0.1) is 19.9 Å². The van der Waals surface area contributed by atoms with E-state index in [0.29, 0.717) is 0 Å². The van der Waals surface area contributed by atoms with Gasteiger partial charge in [0.2, 0.25) is 5.75 Å². The minimum absolute atomic E-state index is 0.182. The number of aromatic amines is 1. The van der Waals surface area contributed by atoms with E-state index < -0.39 is 42.5 Å². The van der Waals surface area contributed by atoms with Crippen LogP contribution in [0.15, 0.2) is 15.8 Å². The van der Waals surface area contributed by atoms with Gasteiger partial charge in [-0.05, 0) is 0 Å². The molecular formula is C10H13FN2O6. The van der Waals surface area contributed by atoms with E-state index in [2.05, 4.69) is 0 Å². The third-order valence-electron chi connectivity index (χ3n) is 2.90. The van der Waals surface area contributed by atoms with Crippen LogP contribution in [-0.4, -0.2) is 51.9 Å². The van der Waals surface area contributed by atoms with E-state index in [1.165, 1.54) is 7.11 Å². The number of halogens is 1. The lowest BCUT2D eigenvalue weighted by Crippen LogP contribution is -2.37. The van der Waals surface area contributed by atoms with Gasteiger partial charge in [-0.2, -0.15) is 0 Å². The summed E-state index contributed by atoms with van der Waals surface area (Å²) in [5.41, 5.74) is -1.62. The van der Waals surface area contributed by atoms with E-state index >= 15 is 0 Å². The second-order valence-corrected chi connectivity index (χ2v) is 4.05.